The number of halogens is 1. The molecule has 0 heterocycles. The van der Waals surface area contributed by atoms with Crippen molar-refractivity contribution in [2.75, 3.05) is 18.2 Å². The molecule has 0 saturated heterocycles. The van der Waals surface area contributed by atoms with Crippen LogP contribution in [-0.2, 0) is 21.4 Å². The van der Waals surface area contributed by atoms with Crippen molar-refractivity contribution in [1.29, 1.82) is 0 Å². The van der Waals surface area contributed by atoms with Crippen LogP contribution >= 0.6 is 11.6 Å². The van der Waals surface area contributed by atoms with Crippen LogP contribution in [0, 0.1) is 5.92 Å². The van der Waals surface area contributed by atoms with Crippen molar-refractivity contribution >= 4 is 27.5 Å². The van der Waals surface area contributed by atoms with Gasteiger partial charge in [-0.25, -0.2) is 8.42 Å². The molecule has 0 aliphatic heterocycles. The number of carbonyl (C=O) groups excluding carboxylic acids is 1. The molecular weight excluding hydrogens is 312 g/mol. The van der Waals surface area contributed by atoms with E-state index in [-0.39, 0.29) is 37.1 Å². The number of sulfonamides is 1. The summed E-state index contributed by atoms with van der Waals surface area (Å²) in [6.45, 7) is 2.09. The van der Waals surface area contributed by atoms with Gasteiger partial charge in [0.1, 0.15) is 0 Å². The van der Waals surface area contributed by atoms with Crippen molar-refractivity contribution < 1.29 is 13.2 Å². The molecule has 0 bridgehead atoms. The molecule has 118 valence electrons. The van der Waals surface area contributed by atoms with Crippen LogP contribution in [0.25, 0.3) is 0 Å². The maximum Gasteiger partial charge on any atom is 0.218 e. The van der Waals surface area contributed by atoms with Gasteiger partial charge in [-0.2, -0.15) is 4.31 Å². The van der Waals surface area contributed by atoms with Gasteiger partial charge in [0.15, 0.2) is 0 Å². The summed E-state index contributed by atoms with van der Waals surface area (Å²) in [4.78, 5) is 10.9. The highest BCUT2D eigenvalue weighted by atomic mass is 35.5. The third kappa shape index (κ3) is 6.46. The molecule has 0 saturated carbocycles. The van der Waals surface area contributed by atoms with Crippen molar-refractivity contribution in [2.45, 2.75) is 19.9 Å². The number of hydrogen-bond donors (Lipinski definition) is 1. The van der Waals surface area contributed by atoms with Gasteiger partial charge in [0, 0.05) is 25.4 Å². The fraction of sp³-hybridized carbons (Fsp3) is 0.500. The molecule has 0 aliphatic rings. The number of amides is 1. The Morgan fingerprint density at radius 3 is 2.48 bits per heavy atom. The number of rotatable bonds is 9. The smallest absolute Gasteiger partial charge is 0.218 e. The molecule has 0 spiro atoms. The zero-order chi connectivity index (χ0) is 15.9. The Bertz CT molecular complexity index is 549. The van der Waals surface area contributed by atoms with Crippen LogP contribution in [0.4, 0.5) is 0 Å². The van der Waals surface area contributed by atoms with E-state index < -0.39 is 15.9 Å². The zero-order valence-corrected chi connectivity index (χ0v) is 13.6. The van der Waals surface area contributed by atoms with Crippen LogP contribution in [0.3, 0.4) is 0 Å². The molecule has 0 radical (unpaired) electrons. The fourth-order valence-corrected chi connectivity index (χ4v) is 3.85. The second-order valence-corrected chi connectivity index (χ2v) is 7.40. The van der Waals surface area contributed by atoms with E-state index in [4.69, 9.17) is 17.3 Å². The summed E-state index contributed by atoms with van der Waals surface area (Å²) in [5, 5.41) is 0. The molecular formula is C14H21ClN2O3S. The summed E-state index contributed by atoms with van der Waals surface area (Å²) in [6, 6.07) is 9.24. The maximum absolute atomic E-state index is 12.4. The second-order valence-electron chi connectivity index (χ2n) is 5.07. The standard InChI is InChI=1S/C14H21ClN2O3S/c1-12(9-15)11-21(19,20)17(8-7-14(16)18)10-13-5-3-2-4-6-13/h2-6,12H,7-11H2,1H3,(H2,16,18). The molecule has 21 heavy (non-hydrogen) atoms. The van der Waals surface area contributed by atoms with Gasteiger partial charge in [-0.3, -0.25) is 4.79 Å². The second kappa shape index (κ2) is 8.36. The average Bonchev–Trinajstić information content (AvgIpc) is 2.43. The lowest BCUT2D eigenvalue weighted by atomic mass is 10.2. The molecule has 0 fully saturated rings. The van der Waals surface area contributed by atoms with Crippen molar-refractivity contribution in [3.8, 4) is 0 Å². The van der Waals surface area contributed by atoms with E-state index in [1.807, 2.05) is 30.3 Å². The van der Waals surface area contributed by atoms with E-state index in [2.05, 4.69) is 0 Å². The highest BCUT2D eigenvalue weighted by Crippen LogP contribution is 2.14. The first-order valence-corrected chi connectivity index (χ1v) is 8.85. The lowest BCUT2D eigenvalue weighted by Crippen LogP contribution is -2.37. The molecule has 1 aromatic rings. The number of alkyl halides is 1. The van der Waals surface area contributed by atoms with Crippen LogP contribution < -0.4 is 5.73 Å². The summed E-state index contributed by atoms with van der Waals surface area (Å²) < 4.78 is 26.2. The van der Waals surface area contributed by atoms with Crippen LogP contribution in [0.1, 0.15) is 18.9 Å². The Morgan fingerprint density at radius 2 is 1.95 bits per heavy atom. The van der Waals surface area contributed by atoms with Crippen LogP contribution in [0.2, 0.25) is 0 Å². The lowest BCUT2D eigenvalue weighted by molar-refractivity contribution is -0.118. The summed E-state index contributed by atoms with van der Waals surface area (Å²) in [6.07, 6.45) is 0.00131. The monoisotopic (exact) mass is 332 g/mol. The molecule has 0 aliphatic carbocycles. The molecule has 1 rings (SSSR count). The number of nitrogens with zero attached hydrogens (tertiary/aromatic N) is 1. The van der Waals surface area contributed by atoms with Gasteiger partial charge >= 0.3 is 0 Å². The van der Waals surface area contributed by atoms with Crippen LogP contribution in [-0.4, -0.2) is 36.8 Å². The highest BCUT2D eigenvalue weighted by Gasteiger charge is 2.24. The number of nitrogens with two attached hydrogens (primary N) is 1. The lowest BCUT2D eigenvalue weighted by Gasteiger charge is -2.23. The third-order valence-corrected chi connectivity index (χ3v) is 5.58. The molecule has 1 amide bonds. The summed E-state index contributed by atoms with van der Waals surface area (Å²) >= 11 is 5.69. The van der Waals surface area contributed by atoms with E-state index >= 15 is 0 Å². The van der Waals surface area contributed by atoms with Gasteiger partial charge in [0.25, 0.3) is 0 Å². The molecule has 5 nitrogen and oxygen atoms in total. The summed E-state index contributed by atoms with van der Waals surface area (Å²) in [7, 11) is -3.49. The number of primary amides is 1. The van der Waals surface area contributed by atoms with E-state index in [1.54, 1.807) is 6.92 Å². The van der Waals surface area contributed by atoms with Gasteiger partial charge in [-0.1, -0.05) is 37.3 Å². The number of benzene rings is 1. The predicted molar refractivity (Wildman–Crippen MR) is 84.3 cm³/mol. The molecule has 1 aromatic carbocycles. The SMILES string of the molecule is CC(CCl)CS(=O)(=O)N(CCC(N)=O)Cc1ccccc1. The van der Waals surface area contributed by atoms with Crippen LogP contribution in [0.5, 0.6) is 0 Å². The fourth-order valence-electron chi connectivity index (χ4n) is 1.85. The molecule has 1 atom stereocenters. The van der Waals surface area contributed by atoms with E-state index in [0.29, 0.717) is 0 Å². The molecule has 2 N–H and O–H groups in total. The molecule has 7 heteroatoms. The third-order valence-electron chi connectivity index (χ3n) is 2.96. The zero-order valence-electron chi connectivity index (χ0n) is 12.0. The predicted octanol–water partition coefficient (Wildman–Crippen LogP) is 1.57. The first-order chi connectivity index (χ1) is 9.85. The Kier molecular flexibility index (Phi) is 7.14. The summed E-state index contributed by atoms with van der Waals surface area (Å²) in [5.74, 6) is -0.437. The van der Waals surface area contributed by atoms with E-state index in [0.717, 1.165) is 5.56 Å². The Labute approximate surface area is 131 Å². The normalized spacial score (nSPS) is 13.3. The van der Waals surface area contributed by atoms with Crippen LogP contribution in [0.15, 0.2) is 30.3 Å². The minimum atomic E-state index is -3.49. The first-order valence-electron chi connectivity index (χ1n) is 6.71. The largest absolute Gasteiger partial charge is 0.370 e. The van der Waals surface area contributed by atoms with Gasteiger partial charge in [-0.05, 0) is 11.5 Å². The Hall–Kier alpha value is -1.11. The van der Waals surface area contributed by atoms with Gasteiger partial charge < -0.3 is 5.73 Å². The molecule has 0 aromatic heterocycles. The van der Waals surface area contributed by atoms with Gasteiger partial charge in [-0.15, -0.1) is 11.6 Å². The molecule has 1 unspecified atom stereocenters. The van der Waals surface area contributed by atoms with Crippen molar-refractivity contribution in [1.82, 2.24) is 4.31 Å². The average molecular weight is 333 g/mol. The maximum atomic E-state index is 12.4. The minimum Gasteiger partial charge on any atom is -0.370 e. The van der Waals surface area contributed by atoms with Crippen molar-refractivity contribution in [2.24, 2.45) is 11.7 Å². The number of carbonyl (C=O) groups is 1. The Morgan fingerprint density at radius 1 is 1.33 bits per heavy atom. The van der Waals surface area contributed by atoms with Gasteiger partial charge in [0.2, 0.25) is 15.9 Å². The quantitative estimate of drug-likeness (QED) is 0.697. The minimum absolute atomic E-state index is 0.00131. The topological polar surface area (TPSA) is 80.5 Å². The summed E-state index contributed by atoms with van der Waals surface area (Å²) in [5.41, 5.74) is 5.99. The van der Waals surface area contributed by atoms with E-state index in [1.165, 1.54) is 4.31 Å². The Balaban J connectivity index is 2.87. The van der Waals surface area contributed by atoms with E-state index in [9.17, 15) is 13.2 Å². The highest BCUT2D eigenvalue weighted by molar-refractivity contribution is 7.89. The first kappa shape index (κ1) is 17.9. The van der Waals surface area contributed by atoms with Crippen molar-refractivity contribution in [3.63, 3.8) is 0 Å². The van der Waals surface area contributed by atoms with Gasteiger partial charge in [0.05, 0.1) is 5.75 Å². The number of hydrogen-bond acceptors (Lipinski definition) is 3. The van der Waals surface area contributed by atoms with Crippen molar-refractivity contribution in [3.05, 3.63) is 35.9 Å².